The number of thiazole rings is 1. The van der Waals surface area contributed by atoms with Gasteiger partial charge in [0.2, 0.25) is 0 Å². The summed E-state index contributed by atoms with van der Waals surface area (Å²) in [6, 6.07) is 0.472. The largest absolute Gasteiger partial charge is 0.377 e. The molecule has 0 aromatic carbocycles. The fourth-order valence-electron chi connectivity index (χ4n) is 3.00. The van der Waals surface area contributed by atoms with Crippen LogP contribution >= 0.6 is 35.3 Å². The molecule has 6 nitrogen and oxygen atoms in total. The maximum Gasteiger partial charge on any atom is 0.191 e. The molecule has 1 aromatic rings. The number of aliphatic imine (C=N–C) groups is 1. The van der Waals surface area contributed by atoms with Gasteiger partial charge in [0.1, 0.15) is 5.01 Å². The zero-order chi connectivity index (χ0) is 19.9. The Hall–Kier alpha value is -0.450. The molecule has 1 aromatic heterocycles. The Labute approximate surface area is 192 Å². The predicted octanol–water partition coefficient (Wildman–Crippen LogP) is 3.61. The van der Waals surface area contributed by atoms with Gasteiger partial charge in [-0.25, -0.2) is 4.98 Å². The normalized spacial score (nSPS) is 16.9. The van der Waals surface area contributed by atoms with Gasteiger partial charge in [-0.2, -0.15) is 0 Å². The Kier molecular flexibility index (Phi) is 11.2. The Bertz CT molecular complexity index is 592. The first-order chi connectivity index (χ1) is 12.8. The maximum atomic E-state index is 5.66. The second kappa shape index (κ2) is 12.3. The number of guanidine groups is 1. The third kappa shape index (κ3) is 8.92. The van der Waals surface area contributed by atoms with Gasteiger partial charge >= 0.3 is 0 Å². The molecule has 0 aliphatic carbocycles. The third-order valence-electron chi connectivity index (χ3n) is 4.74. The highest BCUT2D eigenvalue weighted by atomic mass is 127. The highest BCUT2D eigenvalue weighted by Gasteiger charge is 2.20. The molecule has 8 heteroatoms. The van der Waals surface area contributed by atoms with E-state index in [9.17, 15) is 0 Å². The minimum Gasteiger partial charge on any atom is -0.377 e. The number of ether oxygens (including phenoxy) is 1. The summed E-state index contributed by atoms with van der Waals surface area (Å²) in [5, 5.41) is 10.2. The summed E-state index contributed by atoms with van der Waals surface area (Å²) in [5.41, 5.74) is 1.25. The molecule has 0 spiro atoms. The topological polar surface area (TPSA) is 61.8 Å². The van der Waals surface area contributed by atoms with Crippen molar-refractivity contribution in [3.8, 4) is 0 Å². The minimum absolute atomic E-state index is 0. The number of aromatic nitrogens is 1. The molecule has 0 atom stereocenters. The molecule has 2 rings (SSSR count). The Morgan fingerprint density at radius 3 is 2.57 bits per heavy atom. The van der Waals surface area contributed by atoms with Crippen molar-refractivity contribution in [1.82, 2.24) is 20.5 Å². The number of likely N-dealkylation sites (tertiary alicyclic amines) is 1. The molecule has 162 valence electrons. The number of nitrogens with one attached hydrogen (secondary N) is 2. The summed E-state index contributed by atoms with van der Waals surface area (Å²) < 4.78 is 5.66. The van der Waals surface area contributed by atoms with E-state index in [1.54, 1.807) is 11.3 Å². The molecule has 1 fully saturated rings. The first kappa shape index (κ1) is 25.6. The lowest BCUT2D eigenvalue weighted by atomic mass is 9.93. The Morgan fingerprint density at radius 2 is 2.04 bits per heavy atom. The number of rotatable bonds is 7. The number of hydrogen-bond acceptors (Lipinski definition) is 5. The molecular weight excluding hydrogens is 485 g/mol. The average molecular weight is 524 g/mol. The van der Waals surface area contributed by atoms with Crippen molar-refractivity contribution in [2.75, 3.05) is 33.3 Å². The van der Waals surface area contributed by atoms with Gasteiger partial charge in [0.25, 0.3) is 0 Å². The monoisotopic (exact) mass is 523 g/mol. The van der Waals surface area contributed by atoms with Crippen molar-refractivity contribution in [2.24, 2.45) is 4.99 Å². The quantitative estimate of drug-likeness (QED) is 0.325. The summed E-state index contributed by atoms with van der Waals surface area (Å²) in [7, 11) is 1.83. The van der Waals surface area contributed by atoms with Crippen LogP contribution in [0.15, 0.2) is 10.4 Å². The van der Waals surface area contributed by atoms with Crippen LogP contribution in [-0.2, 0) is 16.7 Å². The molecule has 1 aliphatic heterocycles. The molecule has 28 heavy (non-hydrogen) atoms. The SMILES string of the molecule is CN=C(NCc1nc(C(C)(C)C)cs1)NC1CCN(CCOC(C)C)CC1.I. The van der Waals surface area contributed by atoms with Gasteiger partial charge in [0.05, 0.1) is 24.9 Å². The summed E-state index contributed by atoms with van der Waals surface area (Å²) in [4.78, 5) is 11.6. The van der Waals surface area contributed by atoms with Gasteiger partial charge in [-0.15, -0.1) is 35.3 Å². The fraction of sp³-hybridized carbons (Fsp3) is 0.800. The summed E-state index contributed by atoms with van der Waals surface area (Å²) in [5.74, 6) is 0.865. The maximum absolute atomic E-state index is 5.66. The molecule has 0 saturated carbocycles. The highest BCUT2D eigenvalue weighted by Crippen LogP contribution is 2.23. The van der Waals surface area contributed by atoms with E-state index in [4.69, 9.17) is 9.72 Å². The average Bonchev–Trinajstić information content (AvgIpc) is 3.09. The fourth-order valence-corrected chi connectivity index (χ4v) is 3.96. The van der Waals surface area contributed by atoms with E-state index in [2.05, 4.69) is 60.5 Å². The van der Waals surface area contributed by atoms with Crippen LogP contribution in [0.5, 0.6) is 0 Å². The lowest BCUT2D eigenvalue weighted by Crippen LogP contribution is -2.49. The van der Waals surface area contributed by atoms with Crippen molar-refractivity contribution >= 4 is 41.3 Å². The van der Waals surface area contributed by atoms with E-state index in [1.807, 2.05) is 7.05 Å². The molecule has 0 amide bonds. The lowest BCUT2D eigenvalue weighted by Gasteiger charge is -2.33. The van der Waals surface area contributed by atoms with Crippen LogP contribution in [0, 0.1) is 0 Å². The first-order valence-electron chi connectivity index (χ1n) is 10.0. The van der Waals surface area contributed by atoms with Crippen LogP contribution in [0.2, 0.25) is 0 Å². The van der Waals surface area contributed by atoms with Gasteiger partial charge in [-0.05, 0) is 26.7 Å². The van der Waals surface area contributed by atoms with Crippen LogP contribution < -0.4 is 10.6 Å². The van der Waals surface area contributed by atoms with E-state index in [0.717, 1.165) is 55.7 Å². The van der Waals surface area contributed by atoms with E-state index < -0.39 is 0 Å². The number of piperidine rings is 1. The van der Waals surface area contributed by atoms with Gasteiger partial charge in [-0.3, -0.25) is 4.99 Å². The lowest BCUT2D eigenvalue weighted by molar-refractivity contribution is 0.0532. The molecule has 0 unspecified atom stereocenters. The highest BCUT2D eigenvalue weighted by molar-refractivity contribution is 14.0. The number of nitrogens with zero attached hydrogens (tertiary/aromatic N) is 3. The van der Waals surface area contributed by atoms with Gasteiger partial charge in [0.15, 0.2) is 5.96 Å². The summed E-state index contributed by atoms with van der Waals surface area (Å²) in [6.07, 6.45) is 2.58. The van der Waals surface area contributed by atoms with Crippen molar-refractivity contribution in [1.29, 1.82) is 0 Å². The molecule has 2 heterocycles. The van der Waals surface area contributed by atoms with Crippen LogP contribution in [0.3, 0.4) is 0 Å². The van der Waals surface area contributed by atoms with Crippen molar-refractivity contribution < 1.29 is 4.74 Å². The van der Waals surface area contributed by atoms with Crippen molar-refractivity contribution in [3.05, 3.63) is 16.1 Å². The zero-order valence-corrected chi connectivity index (χ0v) is 21.4. The molecule has 0 radical (unpaired) electrons. The van der Waals surface area contributed by atoms with Crippen LogP contribution in [-0.4, -0.2) is 61.3 Å². The minimum atomic E-state index is 0. The van der Waals surface area contributed by atoms with Gasteiger partial charge in [-0.1, -0.05) is 20.8 Å². The summed E-state index contributed by atoms with van der Waals surface area (Å²) in [6.45, 7) is 15.5. The number of halogens is 1. The van der Waals surface area contributed by atoms with E-state index in [1.165, 1.54) is 0 Å². The standard InChI is InChI=1S/C20H37N5OS.HI/c1-15(2)26-12-11-25-9-7-16(8-10-25)23-19(21-6)22-13-18-24-17(14-27-18)20(3,4)5;/h14-16H,7-13H2,1-6H3,(H2,21,22,23);1H. The Balaban J connectivity index is 0.00000392. The van der Waals surface area contributed by atoms with Crippen molar-refractivity contribution in [3.63, 3.8) is 0 Å². The molecule has 2 N–H and O–H groups in total. The van der Waals surface area contributed by atoms with E-state index in [-0.39, 0.29) is 29.4 Å². The second-order valence-corrected chi connectivity index (χ2v) is 9.42. The van der Waals surface area contributed by atoms with E-state index in [0.29, 0.717) is 18.7 Å². The van der Waals surface area contributed by atoms with Crippen LogP contribution in [0.1, 0.15) is 58.2 Å². The van der Waals surface area contributed by atoms with Crippen LogP contribution in [0.4, 0.5) is 0 Å². The van der Waals surface area contributed by atoms with Crippen LogP contribution in [0.25, 0.3) is 0 Å². The molecule has 1 saturated heterocycles. The van der Waals surface area contributed by atoms with Gasteiger partial charge in [0, 0.05) is 43.5 Å². The van der Waals surface area contributed by atoms with Gasteiger partial charge < -0.3 is 20.3 Å². The predicted molar refractivity (Wildman–Crippen MR) is 130 cm³/mol. The van der Waals surface area contributed by atoms with E-state index >= 15 is 0 Å². The molecule has 1 aliphatic rings. The number of hydrogen-bond donors (Lipinski definition) is 2. The summed E-state index contributed by atoms with van der Waals surface area (Å²) >= 11 is 1.71. The third-order valence-corrected chi connectivity index (χ3v) is 5.59. The Morgan fingerprint density at radius 1 is 1.36 bits per heavy atom. The van der Waals surface area contributed by atoms with Crippen molar-refractivity contribution in [2.45, 2.75) is 71.6 Å². The smallest absolute Gasteiger partial charge is 0.191 e. The first-order valence-corrected chi connectivity index (χ1v) is 10.9. The zero-order valence-electron chi connectivity index (χ0n) is 18.2. The molecular formula is C20H38IN5OS. The molecule has 0 bridgehead atoms. The second-order valence-electron chi connectivity index (χ2n) is 8.48.